The maximum atomic E-state index is 2.43. The fourth-order valence-electron chi connectivity index (χ4n) is 3.50. The highest BCUT2D eigenvalue weighted by molar-refractivity contribution is 4.81. The molecule has 0 aliphatic heterocycles. The molecule has 0 bridgehead atoms. The van der Waals surface area contributed by atoms with E-state index < -0.39 is 0 Å². The molecule has 0 aliphatic carbocycles. The molecule has 0 nitrogen and oxygen atoms in total. The van der Waals surface area contributed by atoms with Crippen LogP contribution in [0.25, 0.3) is 0 Å². The van der Waals surface area contributed by atoms with Crippen LogP contribution in [0.15, 0.2) is 24.3 Å². The van der Waals surface area contributed by atoms with Gasteiger partial charge in [0, 0.05) is 0 Å². The Morgan fingerprint density at radius 3 is 1.00 bits per heavy atom. The minimum atomic E-state index is 1.19. The monoisotopic (exact) mass is 362 g/mol. The van der Waals surface area contributed by atoms with Crippen LogP contribution in [0.1, 0.15) is 142 Å². The summed E-state index contributed by atoms with van der Waals surface area (Å²) in [5, 5.41) is 0. The quantitative estimate of drug-likeness (QED) is 0.141. The van der Waals surface area contributed by atoms with Gasteiger partial charge in [-0.3, -0.25) is 0 Å². The van der Waals surface area contributed by atoms with Gasteiger partial charge in [0.25, 0.3) is 0 Å². The van der Waals surface area contributed by atoms with Gasteiger partial charge in [-0.1, -0.05) is 122 Å². The molecule has 0 aromatic heterocycles. The molecular formula is C26H50. The van der Waals surface area contributed by atoms with E-state index in [1.807, 2.05) is 0 Å². The van der Waals surface area contributed by atoms with E-state index in [1.54, 1.807) is 0 Å². The second-order valence-electron chi connectivity index (χ2n) is 8.02. The zero-order valence-corrected chi connectivity index (χ0v) is 18.5. The minimum Gasteiger partial charge on any atom is -0.0888 e. The molecule has 0 radical (unpaired) electrons. The molecule has 0 aliphatic rings. The summed E-state index contributed by atoms with van der Waals surface area (Å²) in [7, 11) is 0. The minimum absolute atomic E-state index is 1.19. The Kier molecular flexibility index (Phi) is 24.0. The Morgan fingerprint density at radius 1 is 0.346 bits per heavy atom. The third-order valence-corrected chi connectivity index (χ3v) is 5.28. The Morgan fingerprint density at radius 2 is 0.654 bits per heavy atom. The van der Waals surface area contributed by atoms with Crippen LogP contribution in [-0.4, -0.2) is 0 Å². The average molecular weight is 363 g/mol. The van der Waals surface area contributed by atoms with Crippen molar-refractivity contribution >= 4 is 0 Å². The van der Waals surface area contributed by atoms with Crippen LogP contribution in [0, 0.1) is 0 Å². The third-order valence-electron chi connectivity index (χ3n) is 5.28. The first-order chi connectivity index (χ1) is 12.9. The van der Waals surface area contributed by atoms with Crippen LogP contribution in [0.4, 0.5) is 0 Å². The zero-order chi connectivity index (χ0) is 19.0. The number of hydrogen-bond acceptors (Lipinski definition) is 0. The molecule has 0 saturated carbocycles. The lowest BCUT2D eigenvalue weighted by Crippen LogP contribution is -1.82. The predicted octanol–water partition coefficient (Wildman–Crippen LogP) is 9.94. The number of rotatable bonds is 21. The molecule has 0 amide bonds. The van der Waals surface area contributed by atoms with Crippen molar-refractivity contribution in [3.63, 3.8) is 0 Å². The summed E-state index contributed by atoms with van der Waals surface area (Å²) in [6.45, 7) is 4.50. The Bertz CT molecular complexity index is 286. The van der Waals surface area contributed by atoms with E-state index in [0.29, 0.717) is 0 Å². The number of unbranched alkanes of at least 4 members (excludes halogenated alkanes) is 17. The molecule has 0 aromatic rings. The molecule has 0 fully saturated rings. The summed E-state index contributed by atoms with van der Waals surface area (Å²) in [5.41, 5.74) is 0. The van der Waals surface area contributed by atoms with Gasteiger partial charge in [0.2, 0.25) is 0 Å². The van der Waals surface area contributed by atoms with Gasteiger partial charge in [0.15, 0.2) is 0 Å². The van der Waals surface area contributed by atoms with E-state index in [1.165, 1.54) is 128 Å². The highest BCUT2D eigenvalue weighted by Gasteiger charge is 1.93. The highest BCUT2D eigenvalue weighted by Crippen LogP contribution is 2.13. The molecule has 0 N–H and O–H groups in total. The van der Waals surface area contributed by atoms with Crippen LogP contribution in [0.5, 0.6) is 0 Å². The lowest BCUT2D eigenvalue weighted by molar-refractivity contribution is 0.547. The highest BCUT2D eigenvalue weighted by atomic mass is 14.0. The van der Waals surface area contributed by atoms with Gasteiger partial charge < -0.3 is 0 Å². The molecule has 0 aromatic carbocycles. The second kappa shape index (κ2) is 24.5. The molecular weight excluding hydrogens is 312 g/mol. The van der Waals surface area contributed by atoms with Gasteiger partial charge in [-0.2, -0.15) is 0 Å². The Labute approximate surface area is 166 Å². The summed E-state index contributed by atoms with van der Waals surface area (Å²) in [4.78, 5) is 0. The van der Waals surface area contributed by atoms with Crippen molar-refractivity contribution in [2.24, 2.45) is 0 Å². The smallest absolute Gasteiger partial charge is 0.0351 e. The summed E-state index contributed by atoms with van der Waals surface area (Å²) < 4.78 is 0. The van der Waals surface area contributed by atoms with Crippen LogP contribution in [-0.2, 0) is 0 Å². The van der Waals surface area contributed by atoms with Crippen molar-refractivity contribution in [2.45, 2.75) is 142 Å². The fourth-order valence-corrected chi connectivity index (χ4v) is 3.50. The maximum Gasteiger partial charge on any atom is -0.0351 e. The van der Waals surface area contributed by atoms with Gasteiger partial charge in [0.1, 0.15) is 0 Å². The standard InChI is InChI=1S/C26H50/c1-3-5-7-9-11-13-15-17-19-21-23-25-26-24-22-20-18-16-14-12-10-8-6-4-2/h5,7,16,18H,3-4,6,8-15,17,19-26H2,1-2H3. The van der Waals surface area contributed by atoms with Crippen molar-refractivity contribution in [1.82, 2.24) is 0 Å². The molecule has 26 heavy (non-hydrogen) atoms. The van der Waals surface area contributed by atoms with Gasteiger partial charge in [-0.15, -0.1) is 0 Å². The molecule has 0 atom stereocenters. The van der Waals surface area contributed by atoms with Crippen molar-refractivity contribution in [3.05, 3.63) is 24.3 Å². The van der Waals surface area contributed by atoms with Gasteiger partial charge in [-0.05, 0) is 44.9 Å². The normalized spacial score (nSPS) is 11.9. The van der Waals surface area contributed by atoms with E-state index in [0.717, 1.165) is 0 Å². The van der Waals surface area contributed by atoms with E-state index >= 15 is 0 Å². The van der Waals surface area contributed by atoms with Gasteiger partial charge in [0.05, 0.1) is 0 Å². The maximum absolute atomic E-state index is 2.43. The summed E-state index contributed by atoms with van der Waals surface area (Å²) >= 11 is 0. The molecule has 0 saturated heterocycles. The van der Waals surface area contributed by atoms with E-state index in [-0.39, 0.29) is 0 Å². The number of hydrogen-bond donors (Lipinski definition) is 0. The molecule has 0 heteroatoms. The van der Waals surface area contributed by atoms with Gasteiger partial charge in [-0.25, -0.2) is 0 Å². The number of allylic oxidation sites excluding steroid dienone is 4. The first kappa shape index (κ1) is 25.5. The van der Waals surface area contributed by atoms with Crippen molar-refractivity contribution < 1.29 is 0 Å². The largest absolute Gasteiger partial charge is 0.0888 e. The summed E-state index contributed by atoms with van der Waals surface area (Å²) in [6.07, 6.45) is 37.5. The Balaban J connectivity index is 3.05. The van der Waals surface area contributed by atoms with Crippen molar-refractivity contribution in [3.8, 4) is 0 Å². The molecule has 0 unspecified atom stereocenters. The topological polar surface area (TPSA) is 0 Å². The second-order valence-corrected chi connectivity index (χ2v) is 8.02. The molecule has 154 valence electrons. The van der Waals surface area contributed by atoms with Crippen molar-refractivity contribution in [1.29, 1.82) is 0 Å². The first-order valence-corrected chi connectivity index (χ1v) is 12.2. The predicted molar refractivity (Wildman–Crippen MR) is 122 cm³/mol. The first-order valence-electron chi connectivity index (χ1n) is 12.2. The molecule has 0 rings (SSSR count). The van der Waals surface area contributed by atoms with E-state index in [9.17, 15) is 0 Å². The SMILES string of the molecule is CCC=CCCCCCCCCCCCCCC=CCCCCCCC. The van der Waals surface area contributed by atoms with Crippen LogP contribution < -0.4 is 0 Å². The summed E-state index contributed by atoms with van der Waals surface area (Å²) in [5.74, 6) is 0. The van der Waals surface area contributed by atoms with Gasteiger partial charge >= 0.3 is 0 Å². The van der Waals surface area contributed by atoms with E-state index in [2.05, 4.69) is 38.2 Å². The fraction of sp³-hybridized carbons (Fsp3) is 0.846. The van der Waals surface area contributed by atoms with Crippen LogP contribution in [0.2, 0.25) is 0 Å². The Hall–Kier alpha value is -0.520. The van der Waals surface area contributed by atoms with Crippen molar-refractivity contribution in [2.75, 3.05) is 0 Å². The molecule has 0 spiro atoms. The van der Waals surface area contributed by atoms with Crippen LogP contribution in [0.3, 0.4) is 0 Å². The third kappa shape index (κ3) is 23.5. The average Bonchev–Trinajstić information content (AvgIpc) is 2.66. The summed E-state index contributed by atoms with van der Waals surface area (Å²) in [6, 6.07) is 0. The van der Waals surface area contributed by atoms with Crippen LogP contribution >= 0.6 is 0 Å². The molecule has 0 heterocycles. The zero-order valence-electron chi connectivity index (χ0n) is 18.5. The lowest BCUT2D eigenvalue weighted by Gasteiger charge is -2.02. The van der Waals surface area contributed by atoms with E-state index in [4.69, 9.17) is 0 Å². The lowest BCUT2D eigenvalue weighted by atomic mass is 10.0.